The predicted octanol–water partition coefficient (Wildman–Crippen LogP) is 5.71. The highest BCUT2D eigenvalue weighted by Crippen LogP contribution is 2.33. The minimum Gasteiger partial charge on any atom is -0.295 e. The molecule has 3 aromatic carbocycles. The van der Waals surface area contributed by atoms with Gasteiger partial charge >= 0.3 is 0 Å². The van der Waals surface area contributed by atoms with E-state index in [1.807, 2.05) is 94.4 Å². The van der Waals surface area contributed by atoms with Crippen molar-refractivity contribution in [3.05, 3.63) is 138 Å². The third-order valence-corrected chi connectivity index (χ3v) is 6.81. The summed E-state index contributed by atoms with van der Waals surface area (Å²) in [7, 11) is 0. The van der Waals surface area contributed by atoms with Crippen LogP contribution >= 0.6 is 11.6 Å². The number of halogens is 1. The number of benzene rings is 3. The van der Waals surface area contributed by atoms with E-state index in [0.717, 1.165) is 28.1 Å². The number of hydrogen-bond donors (Lipinski definition) is 2. The van der Waals surface area contributed by atoms with Crippen molar-refractivity contribution in [2.24, 2.45) is 0 Å². The van der Waals surface area contributed by atoms with Crippen LogP contribution in [0.1, 0.15) is 45.1 Å². The van der Waals surface area contributed by atoms with E-state index in [1.54, 1.807) is 6.07 Å². The Morgan fingerprint density at radius 2 is 1.11 bits per heavy atom. The number of H-pyrrole nitrogens is 2. The molecule has 0 spiro atoms. The molecule has 0 aliphatic heterocycles. The van der Waals surface area contributed by atoms with E-state index in [4.69, 9.17) is 11.6 Å². The van der Waals surface area contributed by atoms with Crippen LogP contribution in [0.4, 0.5) is 0 Å². The Hall–Kier alpha value is -4.03. The van der Waals surface area contributed by atoms with Crippen LogP contribution in [0.15, 0.2) is 82.4 Å². The zero-order valence-corrected chi connectivity index (χ0v) is 21.4. The van der Waals surface area contributed by atoms with Gasteiger partial charge in [0, 0.05) is 22.3 Å². The van der Waals surface area contributed by atoms with E-state index in [9.17, 15) is 9.59 Å². The van der Waals surface area contributed by atoms with E-state index in [0.29, 0.717) is 27.5 Å². The Kier molecular flexibility index (Phi) is 6.06. The summed E-state index contributed by atoms with van der Waals surface area (Å²) >= 11 is 6.37. The summed E-state index contributed by atoms with van der Waals surface area (Å²) in [5.74, 6) is -0.616. The first-order chi connectivity index (χ1) is 17.2. The molecule has 0 aliphatic carbocycles. The fourth-order valence-corrected chi connectivity index (χ4v) is 4.91. The molecule has 0 bridgehead atoms. The molecule has 2 N–H and O–H groups in total. The van der Waals surface area contributed by atoms with Crippen LogP contribution in [0.5, 0.6) is 0 Å². The molecule has 5 rings (SSSR count). The van der Waals surface area contributed by atoms with E-state index >= 15 is 0 Å². The zero-order valence-electron chi connectivity index (χ0n) is 20.6. The molecule has 0 saturated carbocycles. The maximum atomic E-state index is 13.9. The average Bonchev–Trinajstić information content (AvgIpc) is 3.31. The fraction of sp³-hybridized carbons (Fsp3) is 0.172. The average molecular weight is 499 g/mol. The van der Waals surface area contributed by atoms with Crippen LogP contribution in [0, 0.1) is 27.7 Å². The molecule has 0 aliphatic rings. The molecule has 2 heterocycles. The molecule has 0 unspecified atom stereocenters. The summed E-state index contributed by atoms with van der Waals surface area (Å²) < 4.78 is 3.06. The lowest BCUT2D eigenvalue weighted by Crippen LogP contribution is -2.25. The molecular formula is C29H27ClN4O2. The van der Waals surface area contributed by atoms with Crippen LogP contribution < -0.4 is 11.1 Å². The molecule has 0 atom stereocenters. The lowest BCUT2D eigenvalue weighted by Gasteiger charge is -2.16. The van der Waals surface area contributed by atoms with Gasteiger partial charge in [0.25, 0.3) is 11.1 Å². The molecule has 182 valence electrons. The number of aryl methyl sites for hydroxylation is 4. The highest BCUT2D eigenvalue weighted by Gasteiger charge is 2.31. The first kappa shape index (κ1) is 23.7. The van der Waals surface area contributed by atoms with Crippen molar-refractivity contribution in [2.45, 2.75) is 33.6 Å². The molecule has 7 heteroatoms. The van der Waals surface area contributed by atoms with Crippen molar-refractivity contribution in [3.8, 4) is 11.4 Å². The first-order valence-electron chi connectivity index (χ1n) is 11.8. The van der Waals surface area contributed by atoms with E-state index in [2.05, 4.69) is 10.2 Å². The van der Waals surface area contributed by atoms with Gasteiger partial charge in [-0.15, -0.1) is 0 Å². The Balaban J connectivity index is 1.76. The number of nitrogens with one attached hydrogen (secondary N) is 2. The van der Waals surface area contributed by atoms with Crippen LogP contribution in [-0.2, 0) is 0 Å². The summed E-state index contributed by atoms with van der Waals surface area (Å²) in [5, 5.41) is 6.98. The topological polar surface area (TPSA) is 75.6 Å². The molecule has 0 radical (unpaired) electrons. The third kappa shape index (κ3) is 4.14. The largest absolute Gasteiger partial charge is 0.295 e. The summed E-state index contributed by atoms with van der Waals surface area (Å²) in [5.41, 5.74) is 6.42. The highest BCUT2D eigenvalue weighted by molar-refractivity contribution is 6.30. The first-order valence-corrected chi connectivity index (χ1v) is 12.1. The minimum atomic E-state index is -0.616. The molecule has 5 aromatic rings. The zero-order chi connectivity index (χ0) is 25.6. The van der Waals surface area contributed by atoms with Crippen LogP contribution in [0.3, 0.4) is 0 Å². The molecule has 0 amide bonds. The smallest absolute Gasteiger partial charge is 0.275 e. The lowest BCUT2D eigenvalue weighted by atomic mass is 9.85. The summed E-state index contributed by atoms with van der Waals surface area (Å²) in [6.45, 7) is 7.72. The van der Waals surface area contributed by atoms with Crippen LogP contribution in [-0.4, -0.2) is 19.6 Å². The number of nitrogens with zero attached hydrogens (tertiary/aromatic N) is 2. The van der Waals surface area contributed by atoms with E-state index < -0.39 is 5.92 Å². The van der Waals surface area contributed by atoms with Gasteiger partial charge in [-0.05, 0) is 69.7 Å². The van der Waals surface area contributed by atoms with Crippen LogP contribution in [0.25, 0.3) is 11.4 Å². The molecule has 2 aromatic heterocycles. The highest BCUT2D eigenvalue weighted by atomic mass is 35.5. The van der Waals surface area contributed by atoms with E-state index in [1.165, 1.54) is 9.36 Å². The SMILES string of the molecule is Cc1ccc(-n2[nH]c(C)c(C(c3cccc(Cl)c3)c3c(C)[nH]n(-c4ccc(C)cc4)c3=O)c2=O)cc1. The summed E-state index contributed by atoms with van der Waals surface area (Å²) in [6.07, 6.45) is 0. The Morgan fingerprint density at radius 3 is 1.53 bits per heavy atom. The van der Waals surface area contributed by atoms with Crippen molar-refractivity contribution in [2.75, 3.05) is 0 Å². The van der Waals surface area contributed by atoms with Gasteiger partial charge in [0.1, 0.15) is 0 Å². The Morgan fingerprint density at radius 1 is 0.667 bits per heavy atom. The van der Waals surface area contributed by atoms with Crippen molar-refractivity contribution in [1.82, 2.24) is 19.6 Å². The van der Waals surface area contributed by atoms with Gasteiger partial charge in [0.05, 0.1) is 22.5 Å². The Labute approximate surface area is 213 Å². The van der Waals surface area contributed by atoms with Gasteiger partial charge in [-0.25, -0.2) is 9.36 Å². The van der Waals surface area contributed by atoms with Crippen molar-refractivity contribution in [3.63, 3.8) is 0 Å². The predicted molar refractivity (Wildman–Crippen MR) is 144 cm³/mol. The second kappa shape index (κ2) is 9.21. The molecule has 6 nitrogen and oxygen atoms in total. The maximum absolute atomic E-state index is 13.9. The summed E-state index contributed by atoms with van der Waals surface area (Å²) in [6, 6.07) is 22.8. The second-order valence-corrected chi connectivity index (χ2v) is 9.68. The third-order valence-electron chi connectivity index (χ3n) is 6.58. The molecule has 0 saturated heterocycles. The number of aromatic amines is 2. The van der Waals surface area contributed by atoms with Crippen molar-refractivity contribution in [1.29, 1.82) is 0 Å². The van der Waals surface area contributed by atoms with Crippen molar-refractivity contribution >= 4 is 11.6 Å². The van der Waals surface area contributed by atoms with Crippen molar-refractivity contribution < 1.29 is 0 Å². The lowest BCUT2D eigenvalue weighted by molar-refractivity contribution is 0.830. The Bertz CT molecular complexity index is 1560. The second-order valence-electron chi connectivity index (χ2n) is 9.24. The monoisotopic (exact) mass is 498 g/mol. The normalized spacial score (nSPS) is 11.4. The van der Waals surface area contributed by atoms with Crippen LogP contribution in [0.2, 0.25) is 5.02 Å². The quantitative estimate of drug-likeness (QED) is 0.325. The van der Waals surface area contributed by atoms with Gasteiger partial charge in [-0.1, -0.05) is 59.1 Å². The maximum Gasteiger partial charge on any atom is 0.275 e. The van der Waals surface area contributed by atoms with Gasteiger partial charge in [0.2, 0.25) is 0 Å². The molecular weight excluding hydrogens is 472 g/mol. The summed E-state index contributed by atoms with van der Waals surface area (Å²) in [4.78, 5) is 27.7. The number of rotatable bonds is 5. The van der Waals surface area contributed by atoms with Gasteiger partial charge in [-0.3, -0.25) is 19.8 Å². The number of aromatic nitrogens is 4. The van der Waals surface area contributed by atoms with Gasteiger partial charge in [0.15, 0.2) is 0 Å². The number of hydrogen-bond acceptors (Lipinski definition) is 2. The van der Waals surface area contributed by atoms with Gasteiger partial charge in [-0.2, -0.15) is 0 Å². The fourth-order valence-electron chi connectivity index (χ4n) is 4.71. The molecule has 0 fully saturated rings. The van der Waals surface area contributed by atoms with E-state index in [-0.39, 0.29) is 11.1 Å². The standard InChI is InChI=1S/C29H27ClN4O2/c1-17-8-12-23(13-9-17)33-28(35)25(19(3)31-33)27(21-6-5-7-22(30)16-21)26-20(4)32-34(29(26)36)24-14-10-18(2)11-15-24/h5-16,27,31-32H,1-4H3. The minimum absolute atomic E-state index is 0.205. The van der Waals surface area contributed by atoms with Gasteiger partial charge < -0.3 is 0 Å². The molecule has 36 heavy (non-hydrogen) atoms.